The Morgan fingerprint density at radius 3 is 2.81 bits per heavy atom. The van der Waals surface area contributed by atoms with Gasteiger partial charge in [0.1, 0.15) is 18.1 Å². The van der Waals surface area contributed by atoms with Gasteiger partial charge in [0.2, 0.25) is 0 Å². The highest BCUT2D eigenvalue weighted by atomic mass is 35.5. The molecule has 1 aliphatic rings. The number of rotatable bonds is 5. The Kier molecular flexibility index (Phi) is 4.32. The van der Waals surface area contributed by atoms with Crippen molar-refractivity contribution in [3.63, 3.8) is 0 Å². The average molecular weight is 304 g/mol. The highest BCUT2D eigenvalue weighted by Crippen LogP contribution is 2.33. The summed E-state index contributed by atoms with van der Waals surface area (Å²) in [6, 6.07) is 13.8. The zero-order valence-corrected chi connectivity index (χ0v) is 12.7. The lowest BCUT2D eigenvalue weighted by Gasteiger charge is -2.19. The molecule has 4 heteroatoms. The van der Waals surface area contributed by atoms with Crippen LogP contribution >= 0.6 is 11.6 Å². The Labute approximate surface area is 129 Å². The fraction of sp³-hybridized carbons (Fsp3) is 0.294. The smallest absolute Gasteiger partial charge is 0.127 e. The van der Waals surface area contributed by atoms with E-state index in [-0.39, 0.29) is 6.04 Å². The van der Waals surface area contributed by atoms with Gasteiger partial charge in [-0.3, -0.25) is 0 Å². The van der Waals surface area contributed by atoms with Crippen molar-refractivity contribution in [1.82, 2.24) is 5.32 Å². The SMILES string of the molecule is CNC(COc1ccc(Cl)cc1)c1cccc2c1OCC2. The molecule has 21 heavy (non-hydrogen) atoms. The molecule has 110 valence electrons. The molecule has 1 N–H and O–H groups in total. The Balaban J connectivity index is 1.74. The molecular formula is C17H18ClNO2. The van der Waals surface area contributed by atoms with Gasteiger partial charge < -0.3 is 14.8 Å². The molecule has 0 radical (unpaired) electrons. The summed E-state index contributed by atoms with van der Waals surface area (Å²) in [7, 11) is 1.93. The molecule has 0 saturated heterocycles. The first kappa shape index (κ1) is 14.2. The predicted molar refractivity (Wildman–Crippen MR) is 84.4 cm³/mol. The summed E-state index contributed by atoms with van der Waals surface area (Å²) in [5.41, 5.74) is 2.43. The van der Waals surface area contributed by atoms with Crippen LogP contribution in [0.5, 0.6) is 11.5 Å². The Morgan fingerprint density at radius 1 is 1.24 bits per heavy atom. The van der Waals surface area contributed by atoms with Gasteiger partial charge >= 0.3 is 0 Å². The Bertz CT molecular complexity index is 613. The van der Waals surface area contributed by atoms with Crippen LogP contribution in [0.3, 0.4) is 0 Å². The number of hydrogen-bond donors (Lipinski definition) is 1. The number of benzene rings is 2. The first-order chi connectivity index (χ1) is 10.3. The third kappa shape index (κ3) is 3.14. The second kappa shape index (κ2) is 6.37. The maximum absolute atomic E-state index is 5.88. The van der Waals surface area contributed by atoms with Crippen LogP contribution in [0, 0.1) is 0 Å². The minimum Gasteiger partial charge on any atom is -0.493 e. The van der Waals surface area contributed by atoms with Gasteiger partial charge in [0.05, 0.1) is 12.6 Å². The van der Waals surface area contributed by atoms with E-state index in [1.165, 1.54) is 5.56 Å². The highest BCUT2D eigenvalue weighted by Gasteiger charge is 2.21. The number of fused-ring (bicyclic) bond motifs is 1. The summed E-state index contributed by atoms with van der Waals surface area (Å²) in [6.45, 7) is 1.30. The standard InChI is InChI=1S/C17H18ClNO2/c1-19-16(11-21-14-7-5-13(18)6-8-14)15-4-2-3-12-9-10-20-17(12)15/h2-8,16,19H,9-11H2,1H3. The van der Waals surface area contributed by atoms with E-state index >= 15 is 0 Å². The summed E-state index contributed by atoms with van der Waals surface area (Å²) < 4.78 is 11.6. The van der Waals surface area contributed by atoms with Crippen LogP contribution in [-0.4, -0.2) is 20.3 Å². The molecule has 1 unspecified atom stereocenters. The minimum atomic E-state index is 0.0914. The van der Waals surface area contributed by atoms with E-state index in [1.54, 1.807) is 0 Å². The predicted octanol–water partition coefficient (Wildman–Crippen LogP) is 3.61. The van der Waals surface area contributed by atoms with Gasteiger partial charge in [-0.25, -0.2) is 0 Å². The minimum absolute atomic E-state index is 0.0914. The average Bonchev–Trinajstić information content (AvgIpc) is 2.99. The van der Waals surface area contributed by atoms with Crippen LogP contribution < -0.4 is 14.8 Å². The number of hydrogen-bond acceptors (Lipinski definition) is 3. The Morgan fingerprint density at radius 2 is 2.05 bits per heavy atom. The molecular weight excluding hydrogens is 286 g/mol. The van der Waals surface area contributed by atoms with Crippen LogP contribution in [-0.2, 0) is 6.42 Å². The number of halogens is 1. The van der Waals surface area contributed by atoms with Crippen molar-refractivity contribution in [1.29, 1.82) is 0 Å². The summed E-state index contributed by atoms with van der Waals surface area (Å²) in [5.74, 6) is 1.82. The van der Waals surface area contributed by atoms with E-state index in [0.29, 0.717) is 11.6 Å². The molecule has 0 aromatic heterocycles. The van der Waals surface area contributed by atoms with Crippen molar-refractivity contribution in [3.8, 4) is 11.5 Å². The largest absolute Gasteiger partial charge is 0.493 e. The normalized spacial score (nSPS) is 14.4. The maximum atomic E-state index is 5.88. The van der Waals surface area contributed by atoms with Crippen molar-refractivity contribution < 1.29 is 9.47 Å². The number of para-hydroxylation sites is 1. The molecule has 0 bridgehead atoms. The molecule has 0 spiro atoms. The molecule has 0 fully saturated rings. The number of ether oxygens (including phenoxy) is 2. The second-order valence-electron chi connectivity index (χ2n) is 5.04. The lowest BCUT2D eigenvalue weighted by atomic mass is 10.0. The van der Waals surface area contributed by atoms with Crippen molar-refractivity contribution in [2.75, 3.05) is 20.3 Å². The lowest BCUT2D eigenvalue weighted by Crippen LogP contribution is -2.23. The van der Waals surface area contributed by atoms with Crippen LogP contribution in [0.1, 0.15) is 17.2 Å². The fourth-order valence-electron chi connectivity index (χ4n) is 2.55. The quantitative estimate of drug-likeness (QED) is 0.915. The van der Waals surface area contributed by atoms with E-state index < -0.39 is 0 Å². The molecule has 2 aromatic carbocycles. The maximum Gasteiger partial charge on any atom is 0.127 e. The first-order valence-electron chi connectivity index (χ1n) is 7.08. The second-order valence-corrected chi connectivity index (χ2v) is 5.48. The van der Waals surface area contributed by atoms with Gasteiger partial charge in [-0.15, -0.1) is 0 Å². The summed E-state index contributed by atoms with van der Waals surface area (Å²) >= 11 is 5.88. The monoisotopic (exact) mass is 303 g/mol. The van der Waals surface area contributed by atoms with E-state index in [2.05, 4.69) is 23.5 Å². The van der Waals surface area contributed by atoms with Crippen LogP contribution in [0.25, 0.3) is 0 Å². The molecule has 2 aromatic rings. The van der Waals surface area contributed by atoms with Gasteiger partial charge in [0.25, 0.3) is 0 Å². The van der Waals surface area contributed by atoms with E-state index in [1.807, 2.05) is 31.3 Å². The Hall–Kier alpha value is -1.71. The molecule has 3 nitrogen and oxygen atoms in total. The summed E-state index contributed by atoms with van der Waals surface area (Å²) in [6.07, 6.45) is 0.984. The van der Waals surface area contributed by atoms with Gasteiger partial charge in [0.15, 0.2) is 0 Å². The number of nitrogens with one attached hydrogen (secondary N) is 1. The van der Waals surface area contributed by atoms with Crippen LogP contribution in [0.4, 0.5) is 0 Å². The van der Waals surface area contributed by atoms with Crippen molar-refractivity contribution >= 4 is 11.6 Å². The first-order valence-corrected chi connectivity index (χ1v) is 7.46. The third-order valence-electron chi connectivity index (χ3n) is 3.70. The zero-order chi connectivity index (χ0) is 14.7. The molecule has 0 aliphatic carbocycles. The molecule has 0 saturated carbocycles. The van der Waals surface area contributed by atoms with E-state index in [4.69, 9.17) is 21.1 Å². The fourth-order valence-corrected chi connectivity index (χ4v) is 2.68. The van der Waals surface area contributed by atoms with Gasteiger partial charge in [0, 0.05) is 17.0 Å². The van der Waals surface area contributed by atoms with Crippen LogP contribution in [0.2, 0.25) is 5.02 Å². The third-order valence-corrected chi connectivity index (χ3v) is 3.95. The topological polar surface area (TPSA) is 30.5 Å². The van der Waals surface area contributed by atoms with Gasteiger partial charge in [-0.05, 0) is 36.9 Å². The molecule has 1 atom stereocenters. The highest BCUT2D eigenvalue weighted by molar-refractivity contribution is 6.30. The molecule has 0 amide bonds. The summed E-state index contributed by atoms with van der Waals surface area (Å²) in [4.78, 5) is 0. The molecule has 3 rings (SSSR count). The molecule has 1 aliphatic heterocycles. The van der Waals surface area contributed by atoms with Gasteiger partial charge in [-0.2, -0.15) is 0 Å². The number of likely N-dealkylation sites (N-methyl/N-ethyl adjacent to an activating group) is 1. The van der Waals surface area contributed by atoms with Crippen molar-refractivity contribution in [2.24, 2.45) is 0 Å². The van der Waals surface area contributed by atoms with Gasteiger partial charge in [-0.1, -0.05) is 29.8 Å². The molecule has 1 heterocycles. The lowest BCUT2D eigenvalue weighted by molar-refractivity contribution is 0.267. The zero-order valence-electron chi connectivity index (χ0n) is 11.9. The van der Waals surface area contributed by atoms with Crippen molar-refractivity contribution in [2.45, 2.75) is 12.5 Å². The van der Waals surface area contributed by atoms with E-state index in [9.17, 15) is 0 Å². The summed E-state index contributed by atoms with van der Waals surface area (Å²) in [5, 5.41) is 4.01. The van der Waals surface area contributed by atoms with Crippen molar-refractivity contribution in [3.05, 3.63) is 58.6 Å². The van der Waals surface area contributed by atoms with Crippen LogP contribution in [0.15, 0.2) is 42.5 Å². The van der Waals surface area contributed by atoms with E-state index in [0.717, 1.165) is 30.1 Å².